The van der Waals surface area contributed by atoms with E-state index in [1.165, 1.54) is 25.1 Å². The van der Waals surface area contributed by atoms with Gasteiger partial charge in [-0.05, 0) is 26.0 Å². The summed E-state index contributed by atoms with van der Waals surface area (Å²) < 4.78 is 18.4. The van der Waals surface area contributed by atoms with Gasteiger partial charge in [0, 0.05) is 12.5 Å². The molecular weight excluding hydrogens is 207 g/mol. The lowest BCUT2D eigenvalue weighted by atomic mass is 10.1. The van der Waals surface area contributed by atoms with E-state index in [1.54, 1.807) is 0 Å². The van der Waals surface area contributed by atoms with Crippen LogP contribution < -0.4 is 4.74 Å². The van der Waals surface area contributed by atoms with E-state index in [1.807, 2.05) is 6.92 Å². The Morgan fingerprint density at radius 2 is 2.12 bits per heavy atom. The molecule has 0 aromatic heterocycles. The molecule has 86 valence electrons. The van der Waals surface area contributed by atoms with Crippen LogP contribution in [-0.2, 0) is 0 Å². The lowest BCUT2D eigenvalue weighted by Gasteiger charge is -2.09. The third-order valence-electron chi connectivity index (χ3n) is 2.11. The summed E-state index contributed by atoms with van der Waals surface area (Å²) in [6.45, 7) is 7.46. The van der Waals surface area contributed by atoms with Gasteiger partial charge >= 0.3 is 0 Å². The van der Waals surface area contributed by atoms with E-state index in [2.05, 4.69) is 6.58 Å². The molecule has 1 rings (SSSR count). The van der Waals surface area contributed by atoms with Gasteiger partial charge in [0.2, 0.25) is 0 Å². The molecule has 0 unspecified atom stereocenters. The number of hydrogen-bond donors (Lipinski definition) is 0. The molecule has 0 spiro atoms. The number of carbonyl (C=O) groups is 1. The highest BCUT2D eigenvalue weighted by Gasteiger charge is 2.09. The highest BCUT2D eigenvalue weighted by atomic mass is 19.1. The lowest BCUT2D eigenvalue weighted by molar-refractivity contribution is 0.101. The van der Waals surface area contributed by atoms with Gasteiger partial charge in [-0.1, -0.05) is 5.57 Å². The Morgan fingerprint density at radius 1 is 1.44 bits per heavy atom. The maximum absolute atomic E-state index is 13.0. The molecule has 0 amide bonds. The molecule has 0 heterocycles. The van der Waals surface area contributed by atoms with Crippen molar-refractivity contribution in [3.05, 3.63) is 41.7 Å². The smallest absolute Gasteiger partial charge is 0.163 e. The van der Waals surface area contributed by atoms with E-state index >= 15 is 0 Å². The third kappa shape index (κ3) is 3.50. The van der Waals surface area contributed by atoms with Crippen LogP contribution in [0, 0.1) is 5.82 Å². The summed E-state index contributed by atoms with van der Waals surface area (Å²) in [4.78, 5) is 11.3. The molecule has 0 N–H and O–H groups in total. The van der Waals surface area contributed by atoms with Crippen molar-refractivity contribution in [1.29, 1.82) is 0 Å². The molecule has 3 heteroatoms. The van der Waals surface area contributed by atoms with Crippen molar-refractivity contribution in [2.24, 2.45) is 0 Å². The van der Waals surface area contributed by atoms with Gasteiger partial charge in [0.25, 0.3) is 0 Å². The van der Waals surface area contributed by atoms with Crippen LogP contribution in [0.15, 0.2) is 30.4 Å². The highest BCUT2D eigenvalue weighted by molar-refractivity contribution is 5.96. The average molecular weight is 222 g/mol. The molecule has 0 aliphatic carbocycles. The zero-order valence-corrected chi connectivity index (χ0v) is 9.55. The summed E-state index contributed by atoms with van der Waals surface area (Å²) >= 11 is 0. The maximum Gasteiger partial charge on any atom is 0.163 e. The highest BCUT2D eigenvalue weighted by Crippen LogP contribution is 2.20. The minimum Gasteiger partial charge on any atom is -0.492 e. The van der Waals surface area contributed by atoms with E-state index in [0.29, 0.717) is 24.3 Å². The quantitative estimate of drug-likeness (QED) is 0.564. The fourth-order valence-corrected chi connectivity index (χ4v) is 1.24. The fraction of sp³-hybridized carbons (Fsp3) is 0.308. The van der Waals surface area contributed by atoms with E-state index < -0.39 is 5.82 Å². The Balaban J connectivity index is 2.80. The van der Waals surface area contributed by atoms with Crippen LogP contribution in [0.5, 0.6) is 5.75 Å². The summed E-state index contributed by atoms with van der Waals surface area (Å²) in [6, 6.07) is 3.92. The van der Waals surface area contributed by atoms with Crippen molar-refractivity contribution in [3.63, 3.8) is 0 Å². The molecule has 0 atom stereocenters. The Morgan fingerprint density at radius 3 is 2.69 bits per heavy atom. The van der Waals surface area contributed by atoms with Gasteiger partial charge in [0.15, 0.2) is 5.78 Å². The first kappa shape index (κ1) is 12.4. The topological polar surface area (TPSA) is 26.3 Å². The predicted octanol–water partition coefficient (Wildman–Crippen LogP) is 3.37. The van der Waals surface area contributed by atoms with Gasteiger partial charge in [-0.2, -0.15) is 0 Å². The van der Waals surface area contributed by atoms with Crippen LogP contribution in [0.25, 0.3) is 0 Å². The monoisotopic (exact) mass is 222 g/mol. The molecule has 2 nitrogen and oxygen atoms in total. The SMILES string of the molecule is C=C(C)CCOc1cc(F)ccc1C(C)=O. The molecule has 0 aliphatic rings. The maximum atomic E-state index is 13.0. The summed E-state index contributed by atoms with van der Waals surface area (Å²) in [5.74, 6) is -0.241. The van der Waals surface area contributed by atoms with Crippen molar-refractivity contribution in [1.82, 2.24) is 0 Å². The Kier molecular flexibility index (Phi) is 4.23. The van der Waals surface area contributed by atoms with Crippen LogP contribution in [0.2, 0.25) is 0 Å². The number of Topliss-reactive ketones (excluding diaryl/α,β-unsaturated/α-hetero) is 1. The van der Waals surface area contributed by atoms with E-state index in [0.717, 1.165) is 5.57 Å². The number of hydrogen-bond acceptors (Lipinski definition) is 2. The van der Waals surface area contributed by atoms with Crippen molar-refractivity contribution < 1.29 is 13.9 Å². The lowest BCUT2D eigenvalue weighted by Crippen LogP contribution is -2.03. The third-order valence-corrected chi connectivity index (χ3v) is 2.11. The van der Waals surface area contributed by atoms with Gasteiger partial charge in [0.1, 0.15) is 11.6 Å². The van der Waals surface area contributed by atoms with Gasteiger partial charge in [0.05, 0.1) is 12.2 Å². The van der Waals surface area contributed by atoms with Crippen molar-refractivity contribution in [3.8, 4) is 5.75 Å². The molecule has 1 aromatic carbocycles. The number of ether oxygens (including phenoxy) is 1. The normalized spacial score (nSPS) is 9.94. The molecule has 0 saturated heterocycles. The molecule has 0 fully saturated rings. The zero-order valence-electron chi connectivity index (χ0n) is 9.55. The van der Waals surface area contributed by atoms with E-state index in [4.69, 9.17) is 4.74 Å². The van der Waals surface area contributed by atoms with Gasteiger partial charge < -0.3 is 4.74 Å². The molecular formula is C13H15FO2. The van der Waals surface area contributed by atoms with Crippen LogP contribution in [0.1, 0.15) is 30.6 Å². The Labute approximate surface area is 94.7 Å². The number of halogens is 1. The van der Waals surface area contributed by atoms with Crippen LogP contribution in [-0.4, -0.2) is 12.4 Å². The number of rotatable bonds is 5. The van der Waals surface area contributed by atoms with Gasteiger partial charge in [-0.3, -0.25) is 4.79 Å². The second-order valence-electron chi connectivity index (χ2n) is 3.75. The number of carbonyl (C=O) groups excluding carboxylic acids is 1. The van der Waals surface area contributed by atoms with Gasteiger partial charge in [-0.15, -0.1) is 6.58 Å². The van der Waals surface area contributed by atoms with Crippen LogP contribution in [0.4, 0.5) is 4.39 Å². The van der Waals surface area contributed by atoms with E-state index in [-0.39, 0.29) is 5.78 Å². The van der Waals surface area contributed by atoms with Crippen LogP contribution >= 0.6 is 0 Å². The Hall–Kier alpha value is -1.64. The van der Waals surface area contributed by atoms with Crippen molar-refractivity contribution in [2.75, 3.05) is 6.61 Å². The second-order valence-corrected chi connectivity index (χ2v) is 3.75. The molecule has 0 saturated carbocycles. The minimum atomic E-state index is -0.407. The number of ketones is 1. The van der Waals surface area contributed by atoms with Gasteiger partial charge in [-0.25, -0.2) is 4.39 Å². The minimum absolute atomic E-state index is 0.134. The molecule has 0 bridgehead atoms. The first-order valence-electron chi connectivity index (χ1n) is 5.08. The predicted molar refractivity (Wildman–Crippen MR) is 61.3 cm³/mol. The average Bonchev–Trinajstić information content (AvgIpc) is 2.16. The Bertz CT molecular complexity index is 410. The van der Waals surface area contributed by atoms with Crippen molar-refractivity contribution in [2.45, 2.75) is 20.3 Å². The molecule has 16 heavy (non-hydrogen) atoms. The fourth-order valence-electron chi connectivity index (χ4n) is 1.24. The standard InChI is InChI=1S/C13H15FO2/c1-9(2)6-7-16-13-8-11(14)4-5-12(13)10(3)15/h4-5,8H,1,6-7H2,2-3H3. The summed E-state index contributed by atoms with van der Waals surface area (Å²) in [7, 11) is 0. The summed E-state index contributed by atoms with van der Waals surface area (Å²) in [5, 5.41) is 0. The molecule has 0 aliphatic heterocycles. The first-order valence-corrected chi connectivity index (χ1v) is 5.08. The molecule has 0 radical (unpaired) electrons. The number of benzene rings is 1. The summed E-state index contributed by atoms with van der Waals surface area (Å²) in [5.41, 5.74) is 1.39. The second kappa shape index (κ2) is 5.45. The summed E-state index contributed by atoms with van der Waals surface area (Å²) in [6.07, 6.45) is 0.688. The molecule has 1 aromatic rings. The first-order chi connectivity index (χ1) is 7.50. The van der Waals surface area contributed by atoms with E-state index in [9.17, 15) is 9.18 Å². The van der Waals surface area contributed by atoms with Crippen molar-refractivity contribution >= 4 is 5.78 Å². The zero-order chi connectivity index (χ0) is 12.1. The largest absolute Gasteiger partial charge is 0.492 e. The van der Waals surface area contributed by atoms with Crippen LogP contribution in [0.3, 0.4) is 0 Å².